The summed E-state index contributed by atoms with van der Waals surface area (Å²) in [6, 6.07) is 6.18. The number of aromatic nitrogens is 1. The second-order valence-corrected chi connectivity index (χ2v) is 7.01. The summed E-state index contributed by atoms with van der Waals surface area (Å²) in [4.78, 5) is 3.92. The summed E-state index contributed by atoms with van der Waals surface area (Å²) in [5.74, 6) is 0.232. The molecule has 3 N–H and O–H groups in total. The largest absolute Gasteiger partial charge is 0.398 e. The Balaban J connectivity index is 2.46. The maximum absolute atomic E-state index is 12.3. The number of nitrogens with zero attached hydrogens (tertiary/aromatic N) is 1. The fourth-order valence-electron chi connectivity index (χ4n) is 1.56. The number of halogens is 2. The second kappa shape index (κ2) is 5.59. The van der Waals surface area contributed by atoms with Crippen molar-refractivity contribution in [1.29, 1.82) is 0 Å². The average molecular weight is 377 g/mol. The number of sulfonamides is 1. The van der Waals surface area contributed by atoms with Gasteiger partial charge >= 0.3 is 0 Å². The fourth-order valence-corrected chi connectivity index (χ4v) is 3.86. The first-order chi connectivity index (χ1) is 9.29. The van der Waals surface area contributed by atoms with E-state index in [-0.39, 0.29) is 25.9 Å². The van der Waals surface area contributed by atoms with Gasteiger partial charge in [-0.1, -0.05) is 11.6 Å². The van der Waals surface area contributed by atoms with Crippen molar-refractivity contribution in [3.05, 3.63) is 45.5 Å². The lowest BCUT2D eigenvalue weighted by Gasteiger charge is -2.11. The lowest BCUT2D eigenvalue weighted by molar-refractivity contribution is 0.600. The van der Waals surface area contributed by atoms with Crippen LogP contribution in [-0.2, 0) is 10.0 Å². The Bertz CT molecular complexity index is 765. The van der Waals surface area contributed by atoms with Gasteiger partial charge in [-0.25, -0.2) is 13.4 Å². The van der Waals surface area contributed by atoms with Gasteiger partial charge in [0.15, 0.2) is 0 Å². The monoisotopic (exact) mass is 375 g/mol. The van der Waals surface area contributed by atoms with Gasteiger partial charge in [0.2, 0.25) is 0 Å². The van der Waals surface area contributed by atoms with Crippen LogP contribution in [0.15, 0.2) is 39.8 Å². The maximum atomic E-state index is 12.3. The summed E-state index contributed by atoms with van der Waals surface area (Å²) in [7, 11) is -3.83. The number of hydrogen-bond acceptors (Lipinski definition) is 4. The summed E-state index contributed by atoms with van der Waals surface area (Å²) >= 11 is 9.00. The highest BCUT2D eigenvalue weighted by atomic mass is 79.9. The van der Waals surface area contributed by atoms with Crippen molar-refractivity contribution in [3.63, 3.8) is 0 Å². The molecule has 1 aromatic carbocycles. The predicted octanol–water partition coefficient (Wildman–Crippen LogP) is 3.19. The Morgan fingerprint density at radius 2 is 2.05 bits per heavy atom. The minimum atomic E-state index is -3.83. The van der Waals surface area contributed by atoms with Crippen molar-refractivity contribution < 1.29 is 8.42 Å². The predicted molar refractivity (Wildman–Crippen MR) is 83.3 cm³/mol. The molecule has 0 saturated carbocycles. The van der Waals surface area contributed by atoms with Crippen molar-refractivity contribution in [2.75, 3.05) is 10.5 Å². The molecule has 0 aliphatic carbocycles. The summed E-state index contributed by atoms with van der Waals surface area (Å²) in [5.41, 5.74) is 6.83. The minimum Gasteiger partial charge on any atom is -0.398 e. The van der Waals surface area contributed by atoms with Gasteiger partial charge in [0.25, 0.3) is 10.0 Å². The zero-order chi connectivity index (χ0) is 14.9. The van der Waals surface area contributed by atoms with Crippen LogP contribution in [0.1, 0.15) is 5.56 Å². The van der Waals surface area contributed by atoms with E-state index in [9.17, 15) is 8.42 Å². The van der Waals surface area contributed by atoms with Crippen LogP contribution in [0.4, 0.5) is 11.5 Å². The van der Waals surface area contributed by atoms with Crippen LogP contribution in [0, 0.1) is 6.92 Å². The number of pyridine rings is 1. The zero-order valence-corrected chi connectivity index (χ0v) is 13.6. The molecule has 0 unspecified atom stereocenters. The molecule has 0 radical (unpaired) electrons. The summed E-state index contributed by atoms with van der Waals surface area (Å²) in [6.45, 7) is 1.84. The molecule has 106 valence electrons. The van der Waals surface area contributed by atoms with Crippen molar-refractivity contribution in [1.82, 2.24) is 4.98 Å². The molecule has 1 aromatic heterocycles. The highest BCUT2D eigenvalue weighted by molar-refractivity contribution is 9.10. The fraction of sp³-hybridized carbons (Fsp3) is 0.0833. The summed E-state index contributed by atoms with van der Waals surface area (Å²) in [6.07, 6.45) is 1.52. The van der Waals surface area contributed by atoms with E-state index < -0.39 is 10.0 Å². The number of hydrogen-bond donors (Lipinski definition) is 2. The Morgan fingerprint density at radius 1 is 1.35 bits per heavy atom. The van der Waals surface area contributed by atoms with E-state index in [0.717, 1.165) is 5.56 Å². The summed E-state index contributed by atoms with van der Waals surface area (Å²) in [5, 5.41) is 0.239. The molecule has 0 bridgehead atoms. The van der Waals surface area contributed by atoms with E-state index >= 15 is 0 Å². The van der Waals surface area contributed by atoms with Crippen molar-refractivity contribution in [2.24, 2.45) is 0 Å². The normalized spacial score (nSPS) is 11.3. The third-order valence-electron chi connectivity index (χ3n) is 2.48. The highest BCUT2D eigenvalue weighted by Crippen LogP contribution is 2.32. The number of nitrogens with one attached hydrogen (secondary N) is 1. The first kappa shape index (κ1) is 15.1. The Labute approximate surface area is 130 Å². The molecule has 8 heteroatoms. The van der Waals surface area contributed by atoms with Crippen molar-refractivity contribution in [3.8, 4) is 0 Å². The third kappa shape index (κ3) is 3.23. The standard InChI is InChI=1S/C12H11BrClN3O2S/c1-7-2-3-16-11(4-7)17-20(18,19)10-6-8(14)5-9(15)12(10)13/h2-6H,15H2,1H3,(H,16,17). The molecule has 2 rings (SSSR count). The van der Waals surface area contributed by atoms with Crippen LogP contribution in [-0.4, -0.2) is 13.4 Å². The lowest BCUT2D eigenvalue weighted by atomic mass is 10.3. The molecule has 0 fully saturated rings. The number of nitrogens with two attached hydrogens (primary N) is 1. The molecular formula is C12H11BrClN3O2S. The molecule has 20 heavy (non-hydrogen) atoms. The maximum Gasteiger partial charge on any atom is 0.264 e. The smallest absolute Gasteiger partial charge is 0.264 e. The van der Waals surface area contributed by atoms with Gasteiger partial charge in [-0.3, -0.25) is 4.72 Å². The number of benzene rings is 1. The van der Waals surface area contributed by atoms with Gasteiger partial charge in [0.05, 0.1) is 4.47 Å². The van der Waals surface area contributed by atoms with E-state index in [1.54, 1.807) is 12.1 Å². The molecule has 0 amide bonds. The van der Waals surface area contributed by atoms with Crippen molar-refractivity contribution >= 4 is 49.1 Å². The topological polar surface area (TPSA) is 85.1 Å². The van der Waals surface area contributed by atoms with Gasteiger partial charge in [-0.05, 0) is 52.7 Å². The van der Waals surface area contributed by atoms with Gasteiger partial charge in [0, 0.05) is 16.9 Å². The zero-order valence-electron chi connectivity index (χ0n) is 10.4. The van der Waals surface area contributed by atoms with Crippen molar-refractivity contribution in [2.45, 2.75) is 11.8 Å². The average Bonchev–Trinajstić information content (AvgIpc) is 2.33. The molecule has 0 atom stereocenters. The van der Waals surface area contributed by atoms with E-state index in [1.165, 1.54) is 18.3 Å². The highest BCUT2D eigenvalue weighted by Gasteiger charge is 2.20. The van der Waals surface area contributed by atoms with E-state index in [4.69, 9.17) is 17.3 Å². The van der Waals surface area contributed by atoms with Crippen LogP contribution < -0.4 is 10.5 Å². The van der Waals surface area contributed by atoms with Gasteiger partial charge in [-0.15, -0.1) is 0 Å². The van der Waals surface area contributed by atoms with Gasteiger partial charge < -0.3 is 5.73 Å². The Morgan fingerprint density at radius 3 is 2.70 bits per heavy atom. The molecule has 0 aliphatic rings. The SMILES string of the molecule is Cc1ccnc(NS(=O)(=O)c2cc(Cl)cc(N)c2Br)c1. The first-order valence-electron chi connectivity index (χ1n) is 5.49. The lowest BCUT2D eigenvalue weighted by Crippen LogP contribution is -2.15. The third-order valence-corrected chi connectivity index (χ3v) is 5.22. The molecule has 5 nitrogen and oxygen atoms in total. The van der Waals surface area contributed by atoms with E-state index in [0.29, 0.717) is 0 Å². The first-order valence-corrected chi connectivity index (χ1v) is 8.15. The number of rotatable bonds is 3. The quantitative estimate of drug-likeness (QED) is 0.806. The van der Waals surface area contributed by atoms with Crippen LogP contribution in [0.2, 0.25) is 5.02 Å². The summed E-state index contributed by atoms with van der Waals surface area (Å²) < 4.78 is 27.3. The molecule has 0 saturated heterocycles. The van der Waals surface area contributed by atoms with E-state index in [2.05, 4.69) is 25.6 Å². The molecule has 2 aromatic rings. The number of anilines is 2. The van der Waals surface area contributed by atoms with Crippen LogP contribution in [0.5, 0.6) is 0 Å². The Kier molecular flexibility index (Phi) is 4.22. The second-order valence-electron chi connectivity index (χ2n) is 4.13. The van der Waals surface area contributed by atoms with Crippen LogP contribution in [0.3, 0.4) is 0 Å². The Hall–Kier alpha value is -1.31. The van der Waals surface area contributed by atoms with Gasteiger partial charge in [-0.2, -0.15) is 0 Å². The minimum absolute atomic E-state index is 0.0363. The molecule has 1 heterocycles. The molecule has 0 spiro atoms. The van der Waals surface area contributed by atoms with E-state index in [1.807, 2.05) is 6.92 Å². The molecule has 0 aliphatic heterocycles. The van der Waals surface area contributed by atoms with Gasteiger partial charge in [0.1, 0.15) is 10.7 Å². The molecular weight excluding hydrogens is 366 g/mol. The van der Waals surface area contributed by atoms with Crippen LogP contribution >= 0.6 is 27.5 Å². The number of nitrogen functional groups attached to an aromatic ring is 1. The number of aryl methyl sites for hydroxylation is 1. The van der Waals surface area contributed by atoms with Crippen LogP contribution in [0.25, 0.3) is 0 Å².